The first kappa shape index (κ1) is 15.3. The Morgan fingerprint density at radius 3 is 2.64 bits per heavy atom. The maximum absolute atomic E-state index is 11.0. The van der Waals surface area contributed by atoms with Crippen LogP contribution in [0.2, 0.25) is 0 Å². The Balaban J connectivity index is 1.74. The maximum atomic E-state index is 11.0. The fraction of sp³-hybridized carbons (Fsp3) is 0. The number of hydrogen-bond acceptors (Lipinski definition) is 6. The van der Waals surface area contributed by atoms with Crippen LogP contribution in [0.15, 0.2) is 67.0 Å². The number of hydrogen-bond donors (Lipinski definition) is 1. The van der Waals surface area contributed by atoms with E-state index in [1.54, 1.807) is 23.5 Å². The van der Waals surface area contributed by atoms with E-state index < -0.39 is 5.97 Å². The Bertz CT molecular complexity index is 1060. The number of rotatable bonds is 4. The number of aromatic nitrogens is 2. The van der Waals surface area contributed by atoms with Crippen LogP contribution < -0.4 is 10.4 Å². The highest BCUT2D eigenvalue weighted by atomic mass is 32.1. The zero-order valence-electron chi connectivity index (χ0n) is 13.0. The normalized spacial score (nSPS) is 10.7. The summed E-state index contributed by atoms with van der Waals surface area (Å²) in [6, 6.07) is 18.6. The third-order valence-electron chi connectivity index (χ3n) is 3.75. The summed E-state index contributed by atoms with van der Waals surface area (Å²) in [7, 11) is 0. The molecular weight excluding hydrogens is 334 g/mol. The number of anilines is 2. The molecule has 2 aromatic carbocycles. The summed E-state index contributed by atoms with van der Waals surface area (Å²) in [6.45, 7) is 0. The standard InChI is InChI=1S/C19H13N3O2S/c23-19(24)13-7-4-8-14(9-13)22-17-15-10-16(12-5-2-1-3-6-12)25-18(15)21-11-20-17/h1-11H,(H,23,24)(H,20,21,22)/p-1. The van der Waals surface area contributed by atoms with Gasteiger partial charge in [-0.25, -0.2) is 9.97 Å². The minimum Gasteiger partial charge on any atom is -0.545 e. The minimum atomic E-state index is -1.21. The van der Waals surface area contributed by atoms with Crippen molar-refractivity contribution in [2.75, 3.05) is 5.32 Å². The molecule has 0 aliphatic rings. The SMILES string of the molecule is O=C([O-])c1cccc(Nc2ncnc3sc(-c4ccccc4)cc23)c1. The predicted octanol–water partition coefficient (Wildman–Crippen LogP) is 3.47. The Morgan fingerprint density at radius 2 is 1.84 bits per heavy atom. The van der Waals surface area contributed by atoms with Gasteiger partial charge in [0.15, 0.2) is 0 Å². The second kappa shape index (κ2) is 6.33. The van der Waals surface area contributed by atoms with Gasteiger partial charge in [0.25, 0.3) is 0 Å². The molecule has 0 aliphatic heterocycles. The average molecular weight is 346 g/mol. The summed E-state index contributed by atoms with van der Waals surface area (Å²) >= 11 is 1.59. The molecule has 2 aromatic heterocycles. The quantitative estimate of drug-likeness (QED) is 0.612. The largest absolute Gasteiger partial charge is 0.545 e. The van der Waals surface area contributed by atoms with Gasteiger partial charge in [0.2, 0.25) is 0 Å². The highest BCUT2D eigenvalue weighted by Gasteiger charge is 2.10. The third-order valence-corrected chi connectivity index (χ3v) is 4.84. The number of carboxylic acids is 1. The fourth-order valence-electron chi connectivity index (χ4n) is 2.56. The molecule has 0 spiro atoms. The Kier molecular flexibility index (Phi) is 3.87. The molecular formula is C19H12N3O2S-. The molecule has 4 aromatic rings. The van der Waals surface area contributed by atoms with Gasteiger partial charge in [-0.1, -0.05) is 42.5 Å². The maximum Gasteiger partial charge on any atom is 0.142 e. The number of benzene rings is 2. The van der Waals surface area contributed by atoms with E-state index in [-0.39, 0.29) is 5.56 Å². The number of carbonyl (C=O) groups excluding carboxylic acids is 1. The van der Waals surface area contributed by atoms with E-state index in [1.165, 1.54) is 18.5 Å². The second-order valence-corrected chi connectivity index (χ2v) is 6.44. The number of nitrogens with one attached hydrogen (secondary N) is 1. The monoisotopic (exact) mass is 346 g/mol. The van der Waals surface area contributed by atoms with Crippen molar-refractivity contribution < 1.29 is 9.90 Å². The minimum absolute atomic E-state index is 0.116. The number of carboxylic acid groups (broad SMARTS) is 1. The molecule has 122 valence electrons. The van der Waals surface area contributed by atoms with Crippen molar-refractivity contribution in [3.63, 3.8) is 0 Å². The summed E-state index contributed by atoms with van der Waals surface area (Å²) < 4.78 is 0. The van der Waals surface area contributed by atoms with Crippen molar-refractivity contribution in [3.05, 3.63) is 72.6 Å². The molecule has 5 nitrogen and oxygen atoms in total. The number of carbonyl (C=O) groups is 1. The number of aromatic carboxylic acids is 1. The van der Waals surface area contributed by atoms with E-state index in [4.69, 9.17) is 0 Å². The van der Waals surface area contributed by atoms with E-state index in [0.29, 0.717) is 11.5 Å². The van der Waals surface area contributed by atoms with Gasteiger partial charge in [-0.2, -0.15) is 0 Å². The molecule has 0 saturated heterocycles. The number of thiophene rings is 1. The zero-order chi connectivity index (χ0) is 17.2. The van der Waals surface area contributed by atoms with Crippen LogP contribution in [0.25, 0.3) is 20.7 Å². The summed E-state index contributed by atoms with van der Waals surface area (Å²) in [6.07, 6.45) is 1.50. The van der Waals surface area contributed by atoms with E-state index in [1.807, 2.05) is 24.3 Å². The summed E-state index contributed by atoms with van der Waals surface area (Å²) in [5, 5.41) is 15.1. The van der Waals surface area contributed by atoms with Gasteiger partial charge in [0, 0.05) is 10.6 Å². The molecule has 0 saturated carbocycles. The van der Waals surface area contributed by atoms with Gasteiger partial charge in [-0.05, 0) is 29.3 Å². The number of fused-ring (bicyclic) bond motifs is 1. The van der Waals surface area contributed by atoms with Crippen LogP contribution in [-0.2, 0) is 0 Å². The van der Waals surface area contributed by atoms with E-state index in [2.05, 4.69) is 27.4 Å². The molecule has 6 heteroatoms. The first-order valence-corrected chi connectivity index (χ1v) is 8.41. The van der Waals surface area contributed by atoms with Crippen molar-refractivity contribution >= 4 is 39.0 Å². The van der Waals surface area contributed by atoms with Crippen LogP contribution in [0, 0.1) is 0 Å². The molecule has 25 heavy (non-hydrogen) atoms. The first-order valence-electron chi connectivity index (χ1n) is 7.59. The van der Waals surface area contributed by atoms with E-state index in [0.717, 1.165) is 20.7 Å². The summed E-state index contributed by atoms with van der Waals surface area (Å²) in [5.41, 5.74) is 1.87. The topological polar surface area (TPSA) is 77.9 Å². The highest BCUT2D eigenvalue weighted by Crippen LogP contribution is 2.35. The second-order valence-electron chi connectivity index (χ2n) is 5.41. The van der Waals surface area contributed by atoms with Gasteiger partial charge in [-0.3, -0.25) is 0 Å². The smallest absolute Gasteiger partial charge is 0.142 e. The lowest BCUT2D eigenvalue weighted by Gasteiger charge is -2.08. The lowest BCUT2D eigenvalue weighted by atomic mass is 10.2. The Labute approximate surface area is 147 Å². The average Bonchev–Trinajstić information content (AvgIpc) is 3.08. The molecule has 1 N–H and O–H groups in total. The van der Waals surface area contributed by atoms with Crippen molar-refractivity contribution in [2.45, 2.75) is 0 Å². The van der Waals surface area contributed by atoms with Gasteiger partial charge in [0.05, 0.1) is 11.4 Å². The van der Waals surface area contributed by atoms with Gasteiger partial charge >= 0.3 is 0 Å². The van der Waals surface area contributed by atoms with Crippen LogP contribution in [-0.4, -0.2) is 15.9 Å². The van der Waals surface area contributed by atoms with Crippen LogP contribution in [0.5, 0.6) is 0 Å². The van der Waals surface area contributed by atoms with Crippen LogP contribution >= 0.6 is 11.3 Å². The van der Waals surface area contributed by atoms with Crippen LogP contribution in [0.1, 0.15) is 10.4 Å². The zero-order valence-corrected chi connectivity index (χ0v) is 13.8. The van der Waals surface area contributed by atoms with E-state index in [9.17, 15) is 9.90 Å². The molecule has 0 aliphatic carbocycles. The van der Waals surface area contributed by atoms with Crippen molar-refractivity contribution in [1.29, 1.82) is 0 Å². The Morgan fingerprint density at radius 1 is 1.00 bits per heavy atom. The van der Waals surface area contributed by atoms with Gasteiger partial charge in [-0.15, -0.1) is 11.3 Å². The molecule has 0 atom stereocenters. The molecule has 0 amide bonds. The van der Waals surface area contributed by atoms with Gasteiger partial charge in [0.1, 0.15) is 17.0 Å². The summed E-state index contributed by atoms with van der Waals surface area (Å²) in [5.74, 6) is -0.572. The predicted molar refractivity (Wildman–Crippen MR) is 96.9 cm³/mol. The lowest BCUT2D eigenvalue weighted by Crippen LogP contribution is -2.22. The fourth-order valence-corrected chi connectivity index (χ4v) is 3.56. The van der Waals surface area contributed by atoms with Gasteiger partial charge < -0.3 is 15.2 Å². The molecule has 0 fully saturated rings. The van der Waals surface area contributed by atoms with Crippen molar-refractivity contribution in [2.24, 2.45) is 0 Å². The molecule has 0 unspecified atom stereocenters. The molecule has 0 bridgehead atoms. The van der Waals surface area contributed by atoms with Crippen LogP contribution in [0.4, 0.5) is 11.5 Å². The molecule has 0 radical (unpaired) electrons. The molecule has 4 rings (SSSR count). The van der Waals surface area contributed by atoms with Crippen molar-refractivity contribution in [3.8, 4) is 10.4 Å². The molecule has 2 heterocycles. The number of nitrogens with zero attached hydrogens (tertiary/aromatic N) is 2. The van der Waals surface area contributed by atoms with E-state index >= 15 is 0 Å². The van der Waals surface area contributed by atoms with Crippen LogP contribution in [0.3, 0.4) is 0 Å². The van der Waals surface area contributed by atoms with Crippen molar-refractivity contribution in [1.82, 2.24) is 9.97 Å². The first-order chi connectivity index (χ1) is 12.2. The lowest BCUT2D eigenvalue weighted by molar-refractivity contribution is -0.255. The summed E-state index contributed by atoms with van der Waals surface area (Å²) in [4.78, 5) is 21.6. The third kappa shape index (κ3) is 3.07. The highest BCUT2D eigenvalue weighted by molar-refractivity contribution is 7.21. The Hall–Kier alpha value is -3.25.